The Balaban J connectivity index is 0.000000305. The molecule has 9 nitrogen and oxygen atoms in total. The normalized spacial score (nSPS) is 17.3. The highest BCUT2D eigenvalue weighted by molar-refractivity contribution is 6.33. The number of aliphatic carboxylic acids is 1. The van der Waals surface area contributed by atoms with Crippen molar-refractivity contribution in [1.29, 1.82) is 0 Å². The fraction of sp³-hybridized carbons (Fsp3) is 0.190. The number of ketones is 1. The number of hydrogen-bond donors (Lipinski definition) is 2. The Kier molecular flexibility index (Phi) is 6.69. The van der Waals surface area contributed by atoms with Crippen molar-refractivity contribution >= 4 is 23.6 Å². The first-order valence-electron chi connectivity index (χ1n) is 9.34. The summed E-state index contributed by atoms with van der Waals surface area (Å²) in [6.45, 7) is 1.98. The Labute approximate surface area is 180 Å². The lowest BCUT2D eigenvalue weighted by atomic mass is 9.88. The number of Topliss-reactive ketones (excluding diaryl/α,β-unsaturated/α-hetero) is 1. The lowest BCUT2D eigenvalue weighted by Gasteiger charge is -2.26. The van der Waals surface area contributed by atoms with Gasteiger partial charge in [0.15, 0.2) is 23.2 Å². The van der Waals surface area contributed by atoms with Gasteiger partial charge in [-0.25, -0.2) is 13.6 Å². The van der Waals surface area contributed by atoms with E-state index >= 15 is 0 Å². The van der Waals surface area contributed by atoms with Crippen LogP contribution in [0.4, 0.5) is 8.78 Å². The Morgan fingerprint density at radius 2 is 1.84 bits per heavy atom. The zero-order valence-corrected chi connectivity index (χ0v) is 16.8. The number of pyridine rings is 1. The van der Waals surface area contributed by atoms with Crippen LogP contribution in [-0.2, 0) is 32.2 Å². The first-order chi connectivity index (χ1) is 15.2. The minimum absolute atomic E-state index is 0.0541. The number of nitrogens with two attached hydrogens (primary N) is 1. The number of aliphatic imine (C=N–C) groups is 1. The lowest BCUT2D eigenvalue weighted by molar-refractivity contribution is -0.161. The summed E-state index contributed by atoms with van der Waals surface area (Å²) in [6.07, 6.45) is 3.30. The number of hydrogen-bond acceptors (Lipinski definition) is 7. The van der Waals surface area contributed by atoms with Crippen LogP contribution in [-0.4, -0.2) is 38.7 Å². The van der Waals surface area contributed by atoms with Gasteiger partial charge in [0.1, 0.15) is 5.92 Å². The molecule has 4 rings (SSSR count). The van der Waals surface area contributed by atoms with Gasteiger partial charge in [-0.05, 0) is 48.7 Å². The maximum Gasteiger partial charge on any atom is 0.394 e. The maximum atomic E-state index is 13.3. The molecule has 0 radical (unpaired) electrons. The van der Waals surface area contributed by atoms with Crippen molar-refractivity contribution in [3.63, 3.8) is 0 Å². The molecular weight excluding hydrogens is 426 g/mol. The summed E-state index contributed by atoms with van der Waals surface area (Å²) in [4.78, 5) is 48.0. The van der Waals surface area contributed by atoms with Crippen LogP contribution in [0.3, 0.4) is 0 Å². The smallest absolute Gasteiger partial charge is 0.394 e. The number of carboxylic acids is 1. The van der Waals surface area contributed by atoms with E-state index in [0.29, 0.717) is 11.6 Å². The van der Waals surface area contributed by atoms with E-state index in [0.717, 1.165) is 17.7 Å². The molecule has 166 valence electrons. The monoisotopic (exact) mass is 444 g/mol. The average Bonchev–Trinajstić information content (AvgIpc) is 3.25. The summed E-state index contributed by atoms with van der Waals surface area (Å²) < 4.78 is 26.3. The Bertz CT molecular complexity index is 1130. The molecule has 32 heavy (non-hydrogen) atoms. The molecule has 0 spiro atoms. The molecule has 1 aromatic carbocycles. The number of aromatic nitrogens is 1. The summed E-state index contributed by atoms with van der Waals surface area (Å²) in [5, 5.41) is 9.52. The number of amides is 1. The molecule has 2 aliphatic heterocycles. The van der Waals surface area contributed by atoms with Gasteiger partial charge in [-0.15, -0.1) is 5.06 Å². The van der Waals surface area contributed by atoms with Crippen LogP contribution >= 0.6 is 0 Å². The first-order valence-corrected chi connectivity index (χ1v) is 9.34. The Hall–Kier alpha value is -3.99. The maximum absolute atomic E-state index is 13.3. The van der Waals surface area contributed by atoms with Gasteiger partial charge in [-0.2, -0.15) is 4.99 Å². The molecule has 1 atom stereocenters. The second-order valence-corrected chi connectivity index (χ2v) is 6.82. The molecule has 2 aromatic rings. The molecule has 3 heterocycles. The summed E-state index contributed by atoms with van der Waals surface area (Å²) in [6, 6.07) is 6.86. The van der Waals surface area contributed by atoms with E-state index in [1.165, 1.54) is 13.0 Å². The topological polar surface area (TPSA) is 135 Å². The SMILES string of the molecule is CC1=C2N=C(C(=O)O)ON2C(=O)C(Cc2ccc(F)c(F)c2)C1=O.NCc1ccncc1. The van der Waals surface area contributed by atoms with Crippen LogP contribution < -0.4 is 5.73 Å². The van der Waals surface area contributed by atoms with E-state index in [4.69, 9.17) is 15.7 Å². The molecule has 1 aromatic heterocycles. The van der Waals surface area contributed by atoms with Gasteiger partial charge in [0, 0.05) is 24.5 Å². The lowest BCUT2D eigenvalue weighted by Crippen LogP contribution is -2.43. The van der Waals surface area contributed by atoms with Crippen molar-refractivity contribution in [3.05, 3.63) is 76.9 Å². The number of nitrogens with zero attached hydrogens (tertiary/aromatic N) is 3. The minimum Gasteiger partial charge on any atom is -0.474 e. The number of hydroxylamine groups is 2. The first kappa shape index (κ1) is 22.7. The van der Waals surface area contributed by atoms with Crippen molar-refractivity contribution in [2.24, 2.45) is 16.6 Å². The van der Waals surface area contributed by atoms with Gasteiger partial charge >= 0.3 is 11.9 Å². The highest BCUT2D eigenvalue weighted by atomic mass is 19.2. The summed E-state index contributed by atoms with van der Waals surface area (Å²) in [7, 11) is 0. The van der Waals surface area contributed by atoms with Crippen LogP contribution in [0, 0.1) is 17.6 Å². The molecular formula is C21H18F2N4O5. The van der Waals surface area contributed by atoms with Gasteiger partial charge < -0.3 is 15.7 Å². The largest absolute Gasteiger partial charge is 0.474 e. The van der Waals surface area contributed by atoms with Gasteiger partial charge in [0.25, 0.3) is 5.91 Å². The number of benzene rings is 1. The molecule has 11 heteroatoms. The van der Waals surface area contributed by atoms with Crippen molar-refractivity contribution in [1.82, 2.24) is 10.0 Å². The quantitative estimate of drug-likeness (QED) is 0.686. The Morgan fingerprint density at radius 3 is 2.41 bits per heavy atom. The van der Waals surface area contributed by atoms with E-state index in [2.05, 4.69) is 9.98 Å². The Morgan fingerprint density at radius 1 is 1.16 bits per heavy atom. The number of carbonyl (C=O) groups excluding carboxylic acids is 2. The van der Waals surface area contributed by atoms with Crippen molar-refractivity contribution in [2.75, 3.05) is 0 Å². The second kappa shape index (κ2) is 9.43. The minimum atomic E-state index is -1.48. The molecule has 3 N–H and O–H groups in total. The number of allylic oxidation sites excluding steroid dienone is 1. The van der Waals surface area contributed by atoms with Gasteiger partial charge in [0.05, 0.1) is 0 Å². The third-order valence-corrected chi connectivity index (χ3v) is 4.69. The second-order valence-electron chi connectivity index (χ2n) is 6.82. The van der Waals surface area contributed by atoms with Crippen molar-refractivity contribution in [3.8, 4) is 0 Å². The van der Waals surface area contributed by atoms with Crippen molar-refractivity contribution in [2.45, 2.75) is 19.9 Å². The van der Waals surface area contributed by atoms with Crippen molar-refractivity contribution < 1.29 is 33.1 Å². The number of carbonyl (C=O) groups is 3. The zero-order valence-electron chi connectivity index (χ0n) is 16.8. The van der Waals surface area contributed by atoms with E-state index in [9.17, 15) is 23.2 Å². The number of halogens is 2. The predicted molar refractivity (Wildman–Crippen MR) is 106 cm³/mol. The van der Waals surface area contributed by atoms with Crippen LogP contribution in [0.15, 0.2) is 59.1 Å². The summed E-state index contributed by atoms with van der Waals surface area (Å²) in [5.74, 6) is -7.14. The number of rotatable bonds is 4. The van der Waals surface area contributed by atoms with E-state index in [-0.39, 0.29) is 23.4 Å². The molecule has 1 unspecified atom stereocenters. The van der Waals surface area contributed by atoms with Crippen LogP contribution in [0.1, 0.15) is 18.1 Å². The molecule has 1 amide bonds. The summed E-state index contributed by atoms with van der Waals surface area (Å²) in [5.41, 5.74) is 6.75. The van der Waals surface area contributed by atoms with Crippen LogP contribution in [0.5, 0.6) is 0 Å². The van der Waals surface area contributed by atoms with E-state index < -0.39 is 41.1 Å². The molecule has 0 bridgehead atoms. The standard InChI is InChI=1S/C15H10F2N2O5.C6H8N2/c1-6-11(20)8(4-7-2-3-9(16)10(17)5-7)14(21)19-12(6)18-13(24-19)15(22)23;7-5-6-1-3-8-4-2-6/h2-3,5,8H,4H2,1H3,(H,22,23);1-4H,5,7H2. The number of fused-ring (bicyclic) bond motifs is 1. The fourth-order valence-corrected chi connectivity index (χ4v) is 2.99. The summed E-state index contributed by atoms with van der Waals surface area (Å²) >= 11 is 0. The zero-order chi connectivity index (χ0) is 23.4. The molecule has 0 saturated heterocycles. The highest BCUT2D eigenvalue weighted by Crippen LogP contribution is 2.31. The third-order valence-electron chi connectivity index (χ3n) is 4.69. The fourth-order valence-electron chi connectivity index (χ4n) is 2.99. The molecule has 0 saturated carbocycles. The van der Waals surface area contributed by atoms with Gasteiger partial charge in [-0.1, -0.05) is 6.07 Å². The molecule has 0 aliphatic carbocycles. The molecule has 2 aliphatic rings. The van der Waals surface area contributed by atoms with Crippen LogP contribution in [0.25, 0.3) is 0 Å². The van der Waals surface area contributed by atoms with E-state index in [1.807, 2.05) is 12.1 Å². The highest BCUT2D eigenvalue weighted by Gasteiger charge is 2.45. The average molecular weight is 444 g/mol. The van der Waals surface area contributed by atoms with E-state index in [1.54, 1.807) is 12.4 Å². The predicted octanol–water partition coefficient (Wildman–Crippen LogP) is 1.73. The van der Waals surface area contributed by atoms with Gasteiger partial charge in [0.2, 0.25) is 0 Å². The third kappa shape index (κ3) is 4.67. The van der Waals surface area contributed by atoms with Crippen LogP contribution in [0.2, 0.25) is 0 Å². The van der Waals surface area contributed by atoms with Gasteiger partial charge in [-0.3, -0.25) is 14.6 Å². The number of carboxylic acid groups (broad SMARTS) is 1. The molecule has 0 fully saturated rings.